The van der Waals surface area contributed by atoms with Gasteiger partial charge in [-0.2, -0.15) is 13.2 Å². The molecule has 8 heteroatoms. The number of aliphatic hydroxyl groups is 1. The van der Waals surface area contributed by atoms with Crippen molar-refractivity contribution in [2.75, 3.05) is 6.61 Å². The van der Waals surface area contributed by atoms with E-state index in [1.54, 1.807) is 0 Å². The molecule has 0 heterocycles. The summed E-state index contributed by atoms with van der Waals surface area (Å²) in [6, 6.07) is -1.43. The van der Waals surface area contributed by atoms with Crippen molar-refractivity contribution in [1.82, 2.24) is 5.32 Å². The van der Waals surface area contributed by atoms with Gasteiger partial charge in [0, 0.05) is 0 Å². The van der Waals surface area contributed by atoms with Crippen molar-refractivity contribution in [2.45, 2.75) is 18.6 Å². The molecule has 0 radical (unpaired) electrons. The van der Waals surface area contributed by atoms with Crippen molar-refractivity contribution in [3.63, 3.8) is 0 Å². The minimum atomic E-state index is -5.08. The molecule has 0 unspecified atom stereocenters. The van der Waals surface area contributed by atoms with Gasteiger partial charge >= 0.3 is 18.1 Å². The first-order valence-electron chi connectivity index (χ1n) is 3.47. The Kier molecular flexibility index (Phi) is 4.35. The number of carboxylic acid groups (broad SMARTS) is 1. The van der Waals surface area contributed by atoms with Crippen LogP contribution in [-0.2, 0) is 9.59 Å². The maximum absolute atomic E-state index is 11.6. The van der Waals surface area contributed by atoms with Crippen molar-refractivity contribution >= 4 is 11.9 Å². The van der Waals surface area contributed by atoms with Crippen LogP contribution in [0.2, 0.25) is 0 Å². The van der Waals surface area contributed by atoms with Crippen LogP contribution in [-0.4, -0.2) is 40.9 Å². The highest BCUT2D eigenvalue weighted by molar-refractivity contribution is 5.82. The molecule has 1 atom stereocenters. The Morgan fingerprint density at radius 1 is 1.36 bits per heavy atom. The summed E-state index contributed by atoms with van der Waals surface area (Å²) in [5.74, 6) is -3.68. The lowest BCUT2D eigenvalue weighted by atomic mass is 10.2. The average Bonchev–Trinajstić information content (AvgIpc) is 2.00. The Hall–Kier alpha value is -1.31. The van der Waals surface area contributed by atoms with Gasteiger partial charge < -0.3 is 15.5 Å². The van der Waals surface area contributed by atoms with Crippen molar-refractivity contribution in [2.24, 2.45) is 0 Å². The zero-order valence-electron chi connectivity index (χ0n) is 6.84. The van der Waals surface area contributed by atoms with Crippen LogP contribution >= 0.6 is 0 Å². The number of rotatable bonds is 4. The van der Waals surface area contributed by atoms with Crippen LogP contribution in [0.3, 0.4) is 0 Å². The summed E-state index contributed by atoms with van der Waals surface area (Å²) in [4.78, 5) is 20.3. The summed E-state index contributed by atoms with van der Waals surface area (Å²) >= 11 is 0. The molecule has 0 aliphatic heterocycles. The van der Waals surface area contributed by atoms with Crippen LogP contribution < -0.4 is 5.32 Å². The van der Waals surface area contributed by atoms with Gasteiger partial charge in [0.2, 0.25) is 0 Å². The normalized spacial score (nSPS) is 13.4. The Morgan fingerprint density at radius 2 is 1.86 bits per heavy atom. The van der Waals surface area contributed by atoms with E-state index in [0.717, 1.165) is 0 Å². The fourth-order valence-corrected chi connectivity index (χ4v) is 0.639. The molecule has 0 aliphatic carbocycles. The Labute approximate surface area is 76.5 Å². The van der Waals surface area contributed by atoms with Gasteiger partial charge in [0.1, 0.15) is 0 Å². The molecule has 0 saturated heterocycles. The molecule has 1 amide bonds. The van der Waals surface area contributed by atoms with E-state index in [9.17, 15) is 22.8 Å². The standard InChI is InChI=1S/C6H8F3NO4/c7-6(8,9)5(14)10-3(2-11)1-4(12)13/h3,11H,1-2H2,(H,10,14)(H,12,13)/t3-/m1/s1. The van der Waals surface area contributed by atoms with E-state index in [-0.39, 0.29) is 0 Å². The molecule has 0 aromatic heterocycles. The van der Waals surface area contributed by atoms with Gasteiger partial charge in [0.25, 0.3) is 0 Å². The quantitative estimate of drug-likeness (QED) is 0.590. The van der Waals surface area contributed by atoms with Crippen LogP contribution in [0, 0.1) is 0 Å². The second-order valence-electron chi connectivity index (χ2n) is 2.45. The average molecular weight is 215 g/mol. The SMILES string of the molecule is O=C(O)C[C@H](CO)NC(=O)C(F)(F)F. The predicted octanol–water partition coefficient (Wildman–Crippen LogP) is -0.499. The van der Waals surface area contributed by atoms with Crippen molar-refractivity contribution in [3.8, 4) is 0 Å². The van der Waals surface area contributed by atoms with Gasteiger partial charge in [0.15, 0.2) is 0 Å². The third kappa shape index (κ3) is 4.65. The molecule has 0 bridgehead atoms. The van der Waals surface area contributed by atoms with Crippen molar-refractivity contribution in [3.05, 3.63) is 0 Å². The third-order valence-corrected chi connectivity index (χ3v) is 1.23. The van der Waals surface area contributed by atoms with Crippen molar-refractivity contribution < 1.29 is 33.0 Å². The number of nitrogens with one attached hydrogen (secondary N) is 1. The molecule has 0 fully saturated rings. The van der Waals surface area contributed by atoms with Crippen LogP contribution in [0.1, 0.15) is 6.42 Å². The highest BCUT2D eigenvalue weighted by Gasteiger charge is 2.39. The zero-order valence-corrected chi connectivity index (χ0v) is 6.84. The Balaban J connectivity index is 4.19. The predicted molar refractivity (Wildman–Crippen MR) is 37.3 cm³/mol. The smallest absolute Gasteiger partial charge is 0.471 e. The van der Waals surface area contributed by atoms with E-state index in [4.69, 9.17) is 10.2 Å². The summed E-state index contributed by atoms with van der Waals surface area (Å²) in [6.45, 7) is -0.867. The molecular weight excluding hydrogens is 207 g/mol. The molecule has 82 valence electrons. The molecule has 0 aliphatic rings. The summed E-state index contributed by atoms with van der Waals surface area (Å²) < 4.78 is 34.9. The van der Waals surface area contributed by atoms with E-state index in [1.165, 1.54) is 5.32 Å². The maximum atomic E-state index is 11.6. The summed E-state index contributed by atoms with van der Waals surface area (Å²) in [5, 5.41) is 18.0. The van der Waals surface area contributed by atoms with Gasteiger partial charge in [-0.15, -0.1) is 0 Å². The monoisotopic (exact) mass is 215 g/mol. The lowest BCUT2D eigenvalue weighted by molar-refractivity contribution is -0.174. The lowest BCUT2D eigenvalue weighted by Gasteiger charge is -2.14. The largest absolute Gasteiger partial charge is 0.481 e. The van der Waals surface area contributed by atoms with E-state index >= 15 is 0 Å². The first-order valence-corrected chi connectivity index (χ1v) is 3.47. The molecule has 14 heavy (non-hydrogen) atoms. The summed E-state index contributed by atoms with van der Waals surface area (Å²) in [5.41, 5.74) is 0. The fraction of sp³-hybridized carbons (Fsp3) is 0.667. The highest BCUT2D eigenvalue weighted by atomic mass is 19.4. The Morgan fingerprint density at radius 3 is 2.14 bits per heavy atom. The van der Waals surface area contributed by atoms with E-state index < -0.39 is 37.1 Å². The van der Waals surface area contributed by atoms with Crippen LogP contribution in [0.5, 0.6) is 0 Å². The molecule has 0 rings (SSSR count). The summed E-state index contributed by atoms with van der Waals surface area (Å²) in [7, 11) is 0. The van der Waals surface area contributed by atoms with Crippen LogP contribution in [0.25, 0.3) is 0 Å². The first-order chi connectivity index (χ1) is 6.27. The number of aliphatic hydroxyl groups excluding tert-OH is 1. The number of halogens is 3. The molecule has 5 nitrogen and oxygen atoms in total. The van der Waals surface area contributed by atoms with Gasteiger partial charge in [-0.3, -0.25) is 9.59 Å². The minimum Gasteiger partial charge on any atom is -0.481 e. The number of aliphatic carboxylic acids is 1. The lowest BCUT2D eigenvalue weighted by Crippen LogP contribution is -2.45. The van der Waals surface area contributed by atoms with E-state index in [2.05, 4.69) is 0 Å². The Bertz CT molecular complexity index is 228. The molecule has 0 spiro atoms. The zero-order chi connectivity index (χ0) is 11.4. The first kappa shape index (κ1) is 12.7. The van der Waals surface area contributed by atoms with Gasteiger partial charge in [-0.25, -0.2) is 0 Å². The fourth-order valence-electron chi connectivity index (χ4n) is 0.639. The third-order valence-electron chi connectivity index (χ3n) is 1.23. The molecule has 0 aromatic carbocycles. The van der Waals surface area contributed by atoms with E-state index in [1.807, 2.05) is 0 Å². The van der Waals surface area contributed by atoms with Crippen molar-refractivity contribution in [1.29, 1.82) is 0 Å². The molecule has 0 aromatic rings. The number of carbonyl (C=O) groups excluding carboxylic acids is 1. The van der Waals surface area contributed by atoms with E-state index in [0.29, 0.717) is 0 Å². The second kappa shape index (κ2) is 4.80. The van der Waals surface area contributed by atoms with Crippen LogP contribution in [0.4, 0.5) is 13.2 Å². The highest BCUT2D eigenvalue weighted by Crippen LogP contribution is 2.14. The maximum Gasteiger partial charge on any atom is 0.471 e. The molecule has 0 saturated carbocycles. The minimum absolute atomic E-state index is 0.766. The topological polar surface area (TPSA) is 86.6 Å². The van der Waals surface area contributed by atoms with Gasteiger partial charge in [-0.1, -0.05) is 0 Å². The van der Waals surface area contributed by atoms with Gasteiger partial charge in [-0.05, 0) is 0 Å². The second-order valence-corrected chi connectivity index (χ2v) is 2.45. The number of alkyl halides is 3. The number of carbonyl (C=O) groups is 2. The number of amides is 1. The summed E-state index contributed by atoms with van der Waals surface area (Å²) in [6.07, 6.45) is -5.84. The molecule has 3 N–H and O–H groups in total. The van der Waals surface area contributed by atoms with Gasteiger partial charge in [0.05, 0.1) is 19.1 Å². The number of hydrogen-bond acceptors (Lipinski definition) is 3. The number of carboxylic acids is 1. The van der Waals surface area contributed by atoms with Crippen LogP contribution in [0.15, 0.2) is 0 Å². The number of hydrogen-bond donors (Lipinski definition) is 3. The molecular formula is C6H8F3NO4.